The number of benzene rings is 2. The standard InChI is InChI=1S/C20H27BrN2O2/c1-15-7-4-5-8-16(15)14-25-20-12-18(21)17(11-19(20)24-3)13-23-10-6-9-22-2/h4-5,7-8,11-12,22-23H,6,9-10,13-14H2,1-3H3. The summed E-state index contributed by atoms with van der Waals surface area (Å²) in [6.45, 7) is 5.40. The lowest BCUT2D eigenvalue weighted by molar-refractivity contribution is 0.283. The van der Waals surface area contributed by atoms with Crippen molar-refractivity contribution >= 4 is 15.9 Å². The molecule has 2 aromatic rings. The number of methoxy groups -OCH3 is 1. The van der Waals surface area contributed by atoms with E-state index in [2.05, 4.69) is 45.6 Å². The van der Waals surface area contributed by atoms with Gasteiger partial charge in [0.25, 0.3) is 0 Å². The van der Waals surface area contributed by atoms with Crippen LogP contribution < -0.4 is 20.1 Å². The van der Waals surface area contributed by atoms with E-state index in [1.807, 2.05) is 31.3 Å². The Kier molecular flexibility index (Phi) is 8.25. The summed E-state index contributed by atoms with van der Waals surface area (Å²) in [6.07, 6.45) is 1.10. The van der Waals surface area contributed by atoms with Crippen molar-refractivity contribution in [3.63, 3.8) is 0 Å². The lowest BCUT2D eigenvalue weighted by Gasteiger charge is -2.15. The average Bonchev–Trinajstić information content (AvgIpc) is 2.62. The predicted octanol–water partition coefficient (Wildman–Crippen LogP) is 4.04. The smallest absolute Gasteiger partial charge is 0.162 e. The van der Waals surface area contributed by atoms with Gasteiger partial charge in [0.15, 0.2) is 11.5 Å². The van der Waals surface area contributed by atoms with Crippen LogP contribution in [0, 0.1) is 6.92 Å². The molecule has 136 valence electrons. The molecule has 0 aliphatic heterocycles. The molecule has 2 rings (SSSR count). The Balaban J connectivity index is 2.01. The second-order valence-corrected chi connectivity index (χ2v) is 6.80. The highest BCUT2D eigenvalue weighted by Gasteiger charge is 2.11. The fourth-order valence-corrected chi connectivity index (χ4v) is 2.99. The van der Waals surface area contributed by atoms with Crippen molar-refractivity contribution in [1.82, 2.24) is 10.6 Å². The molecule has 0 aliphatic rings. The van der Waals surface area contributed by atoms with Gasteiger partial charge in [-0.15, -0.1) is 0 Å². The first-order chi connectivity index (χ1) is 12.2. The summed E-state index contributed by atoms with van der Waals surface area (Å²) in [6, 6.07) is 12.3. The van der Waals surface area contributed by atoms with Crippen molar-refractivity contribution in [3.05, 3.63) is 57.6 Å². The van der Waals surface area contributed by atoms with Crippen LogP contribution in [-0.2, 0) is 13.2 Å². The van der Waals surface area contributed by atoms with Crippen LogP contribution in [0.1, 0.15) is 23.1 Å². The van der Waals surface area contributed by atoms with Crippen LogP contribution in [0.25, 0.3) is 0 Å². The van der Waals surface area contributed by atoms with E-state index in [9.17, 15) is 0 Å². The number of nitrogens with one attached hydrogen (secondary N) is 2. The van der Waals surface area contributed by atoms with E-state index in [1.54, 1.807) is 7.11 Å². The van der Waals surface area contributed by atoms with Gasteiger partial charge in [0.1, 0.15) is 6.61 Å². The van der Waals surface area contributed by atoms with Gasteiger partial charge in [-0.3, -0.25) is 0 Å². The highest BCUT2D eigenvalue weighted by atomic mass is 79.9. The Morgan fingerprint density at radius 2 is 1.84 bits per heavy atom. The zero-order chi connectivity index (χ0) is 18.1. The van der Waals surface area contributed by atoms with E-state index >= 15 is 0 Å². The highest BCUT2D eigenvalue weighted by Crippen LogP contribution is 2.34. The molecular formula is C20H27BrN2O2. The van der Waals surface area contributed by atoms with Crippen molar-refractivity contribution in [2.75, 3.05) is 27.2 Å². The van der Waals surface area contributed by atoms with E-state index in [0.717, 1.165) is 47.6 Å². The van der Waals surface area contributed by atoms with Gasteiger partial charge < -0.3 is 20.1 Å². The summed E-state index contributed by atoms with van der Waals surface area (Å²) in [4.78, 5) is 0. The van der Waals surface area contributed by atoms with Gasteiger partial charge in [-0.1, -0.05) is 40.2 Å². The summed E-state index contributed by atoms with van der Waals surface area (Å²) in [5, 5.41) is 6.60. The number of hydrogen-bond donors (Lipinski definition) is 2. The third-order valence-corrected chi connectivity index (χ3v) is 4.81. The molecule has 0 amide bonds. The highest BCUT2D eigenvalue weighted by molar-refractivity contribution is 9.10. The maximum atomic E-state index is 6.00. The number of aryl methyl sites for hydroxylation is 1. The molecule has 4 nitrogen and oxygen atoms in total. The SMILES string of the molecule is CNCCCNCc1cc(OC)c(OCc2ccccc2C)cc1Br. The van der Waals surface area contributed by atoms with Gasteiger partial charge in [-0.25, -0.2) is 0 Å². The molecule has 0 spiro atoms. The molecular weight excluding hydrogens is 380 g/mol. The molecule has 0 atom stereocenters. The zero-order valence-corrected chi connectivity index (χ0v) is 16.8. The molecule has 0 aromatic heterocycles. The molecule has 0 bridgehead atoms. The van der Waals surface area contributed by atoms with Crippen LogP contribution >= 0.6 is 15.9 Å². The second kappa shape index (κ2) is 10.4. The molecule has 25 heavy (non-hydrogen) atoms. The molecule has 2 N–H and O–H groups in total. The van der Waals surface area contributed by atoms with Crippen LogP contribution in [0.5, 0.6) is 11.5 Å². The first-order valence-corrected chi connectivity index (χ1v) is 9.34. The number of rotatable bonds is 10. The van der Waals surface area contributed by atoms with Crippen LogP contribution in [0.4, 0.5) is 0 Å². The van der Waals surface area contributed by atoms with Gasteiger partial charge in [0, 0.05) is 11.0 Å². The van der Waals surface area contributed by atoms with Crippen LogP contribution in [0.15, 0.2) is 40.9 Å². The van der Waals surface area contributed by atoms with Crippen LogP contribution in [0.3, 0.4) is 0 Å². The Morgan fingerprint density at radius 3 is 2.56 bits per heavy atom. The maximum Gasteiger partial charge on any atom is 0.162 e. The maximum absolute atomic E-state index is 6.00. The first-order valence-electron chi connectivity index (χ1n) is 8.54. The molecule has 0 unspecified atom stereocenters. The monoisotopic (exact) mass is 406 g/mol. The summed E-state index contributed by atoms with van der Waals surface area (Å²) in [5.41, 5.74) is 3.56. The number of ether oxygens (including phenoxy) is 2. The Morgan fingerprint density at radius 1 is 1.04 bits per heavy atom. The summed E-state index contributed by atoms with van der Waals surface area (Å²) >= 11 is 3.65. The minimum absolute atomic E-state index is 0.525. The van der Waals surface area contributed by atoms with Gasteiger partial charge >= 0.3 is 0 Å². The van der Waals surface area contributed by atoms with Crippen molar-refractivity contribution in [2.45, 2.75) is 26.5 Å². The fourth-order valence-electron chi connectivity index (χ4n) is 2.53. The summed E-state index contributed by atoms with van der Waals surface area (Å²) in [5.74, 6) is 1.50. The normalized spacial score (nSPS) is 10.7. The predicted molar refractivity (Wildman–Crippen MR) is 106 cm³/mol. The second-order valence-electron chi connectivity index (χ2n) is 5.94. The summed E-state index contributed by atoms with van der Waals surface area (Å²) in [7, 11) is 3.64. The third-order valence-electron chi connectivity index (χ3n) is 4.07. The summed E-state index contributed by atoms with van der Waals surface area (Å²) < 4.78 is 12.5. The average molecular weight is 407 g/mol. The van der Waals surface area contributed by atoms with E-state index in [0.29, 0.717) is 6.61 Å². The Hall–Kier alpha value is -1.56. The fraction of sp³-hybridized carbons (Fsp3) is 0.400. The molecule has 0 saturated carbocycles. The lowest BCUT2D eigenvalue weighted by atomic mass is 10.1. The molecule has 0 saturated heterocycles. The van der Waals surface area contributed by atoms with Crippen LogP contribution in [-0.4, -0.2) is 27.2 Å². The number of hydrogen-bond acceptors (Lipinski definition) is 4. The molecule has 0 radical (unpaired) electrons. The van der Waals surface area contributed by atoms with Gasteiger partial charge in [0.2, 0.25) is 0 Å². The minimum atomic E-state index is 0.525. The van der Waals surface area contributed by atoms with Gasteiger partial charge in [-0.05, 0) is 62.3 Å². The van der Waals surface area contributed by atoms with Crippen molar-refractivity contribution in [1.29, 1.82) is 0 Å². The lowest BCUT2D eigenvalue weighted by Crippen LogP contribution is -2.19. The van der Waals surface area contributed by atoms with Crippen LogP contribution in [0.2, 0.25) is 0 Å². The van der Waals surface area contributed by atoms with Crippen molar-refractivity contribution < 1.29 is 9.47 Å². The zero-order valence-electron chi connectivity index (χ0n) is 15.2. The quantitative estimate of drug-likeness (QED) is 0.584. The molecule has 5 heteroatoms. The largest absolute Gasteiger partial charge is 0.493 e. The van der Waals surface area contributed by atoms with E-state index in [-0.39, 0.29) is 0 Å². The van der Waals surface area contributed by atoms with Crippen molar-refractivity contribution in [2.24, 2.45) is 0 Å². The number of halogens is 1. The molecule has 0 aliphatic carbocycles. The van der Waals surface area contributed by atoms with E-state index in [1.165, 1.54) is 11.1 Å². The van der Waals surface area contributed by atoms with Crippen molar-refractivity contribution in [3.8, 4) is 11.5 Å². The van der Waals surface area contributed by atoms with E-state index in [4.69, 9.17) is 9.47 Å². The molecule has 0 fully saturated rings. The first kappa shape index (κ1) is 19.8. The van der Waals surface area contributed by atoms with Gasteiger partial charge in [-0.2, -0.15) is 0 Å². The molecule has 0 heterocycles. The van der Waals surface area contributed by atoms with E-state index < -0.39 is 0 Å². The minimum Gasteiger partial charge on any atom is -0.493 e. The molecule has 2 aromatic carbocycles. The Bertz CT molecular complexity index is 677. The third kappa shape index (κ3) is 6.03. The van der Waals surface area contributed by atoms with Gasteiger partial charge in [0.05, 0.1) is 7.11 Å². The Labute approximate surface area is 159 Å². The topological polar surface area (TPSA) is 42.5 Å².